The maximum Gasteiger partial charge on any atom is 0.160 e. The molecule has 0 bridgehead atoms. The van der Waals surface area contributed by atoms with E-state index in [1.165, 1.54) is 3.57 Å². The van der Waals surface area contributed by atoms with Gasteiger partial charge >= 0.3 is 0 Å². The highest BCUT2D eigenvalue weighted by Gasteiger charge is 2.26. The lowest BCUT2D eigenvalue weighted by Gasteiger charge is -2.09. The third kappa shape index (κ3) is 2.89. The van der Waals surface area contributed by atoms with Crippen molar-refractivity contribution < 1.29 is 0 Å². The first-order valence-corrected chi connectivity index (χ1v) is 9.61. The zero-order valence-electron chi connectivity index (χ0n) is 14.8. The number of hydrogen-bond acceptors (Lipinski definition) is 3. The molecule has 6 nitrogen and oxygen atoms in total. The van der Waals surface area contributed by atoms with E-state index in [1.807, 2.05) is 30.2 Å². The molecule has 0 saturated heterocycles. The van der Waals surface area contributed by atoms with Crippen LogP contribution in [0.25, 0.3) is 17.1 Å². The van der Waals surface area contributed by atoms with Crippen molar-refractivity contribution in [3.63, 3.8) is 0 Å². The molecule has 138 valence electrons. The van der Waals surface area contributed by atoms with Crippen molar-refractivity contribution in [2.75, 3.05) is 0 Å². The molecule has 1 unspecified atom stereocenters. The van der Waals surface area contributed by atoms with Gasteiger partial charge in [-0.1, -0.05) is 0 Å². The number of fused-ring (bicyclic) bond motifs is 5. The predicted molar refractivity (Wildman–Crippen MR) is 115 cm³/mol. The monoisotopic (exact) mass is 492 g/mol. The highest BCUT2D eigenvalue weighted by atomic mass is 127. The first kappa shape index (κ1) is 18.2. The van der Waals surface area contributed by atoms with E-state index in [0.717, 1.165) is 40.0 Å². The van der Waals surface area contributed by atoms with Gasteiger partial charge in [0, 0.05) is 21.0 Å². The Kier molecular flexibility index (Phi) is 4.59. The summed E-state index contributed by atoms with van der Waals surface area (Å²) in [6.07, 6.45) is 3.83. The summed E-state index contributed by atoms with van der Waals surface area (Å²) in [7, 11) is 0. The maximum atomic E-state index is 4.94. The molecule has 0 fully saturated rings. The number of nitrogens with zero attached hydrogens (tertiary/aromatic N) is 5. The summed E-state index contributed by atoms with van der Waals surface area (Å²) in [5, 5.41) is 4.86. The number of hydrogen-bond donors (Lipinski definition) is 1. The number of aryl methyl sites for hydroxylation is 1. The predicted octanol–water partition coefficient (Wildman–Crippen LogP) is 4.31. The zero-order chi connectivity index (χ0) is 17.8. The minimum absolute atomic E-state index is 0. The van der Waals surface area contributed by atoms with Crippen LogP contribution in [0.3, 0.4) is 0 Å². The molecule has 8 heteroatoms. The van der Waals surface area contributed by atoms with Gasteiger partial charge in [-0.15, -0.1) is 12.4 Å². The second-order valence-electron chi connectivity index (χ2n) is 6.61. The number of H-pyrrole nitrogens is 1. The minimum atomic E-state index is 0. The van der Waals surface area contributed by atoms with Crippen LogP contribution < -0.4 is 0 Å². The SMILES string of the molecule is Cc1ncn2c1Cn1nc(C(C)c3ccc[nH]3)nc1-c1cc(I)ccc1-2.Cl. The van der Waals surface area contributed by atoms with E-state index >= 15 is 0 Å². The molecule has 0 amide bonds. The van der Waals surface area contributed by atoms with Gasteiger partial charge in [-0.25, -0.2) is 14.6 Å². The summed E-state index contributed by atoms with van der Waals surface area (Å²) in [5.41, 5.74) is 5.48. The van der Waals surface area contributed by atoms with E-state index in [1.54, 1.807) is 0 Å². The number of rotatable bonds is 2. The van der Waals surface area contributed by atoms with Crippen LogP contribution in [0, 0.1) is 10.5 Å². The van der Waals surface area contributed by atoms with Crippen LogP contribution in [-0.2, 0) is 6.54 Å². The molecule has 1 atom stereocenters. The topological polar surface area (TPSA) is 64.3 Å². The molecule has 1 aromatic carbocycles. The summed E-state index contributed by atoms with van der Waals surface area (Å²) in [4.78, 5) is 12.7. The standard InChI is InChI=1S/C19H17IN6.ClH/c1-11(15-4-3-7-21-15)18-23-19-14-8-13(20)5-6-16(14)25-10-22-12(2)17(25)9-26(19)24-18;/h3-8,10-11,21H,9H2,1-2H3;1H. The molecule has 0 radical (unpaired) electrons. The largest absolute Gasteiger partial charge is 0.364 e. The number of nitrogens with one attached hydrogen (secondary N) is 1. The van der Waals surface area contributed by atoms with E-state index in [4.69, 9.17) is 10.1 Å². The van der Waals surface area contributed by atoms with Gasteiger partial charge in [-0.3, -0.25) is 0 Å². The molecule has 4 heterocycles. The van der Waals surface area contributed by atoms with E-state index < -0.39 is 0 Å². The van der Waals surface area contributed by atoms with Gasteiger partial charge in [0.15, 0.2) is 11.6 Å². The number of halogens is 2. The fourth-order valence-corrected chi connectivity index (χ4v) is 4.00. The van der Waals surface area contributed by atoms with E-state index in [9.17, 15) is 0 Å². The van der Waals surface area contributed by atoms with Crippen LogP contribution in [0.2, 0.25) is 0 Å². The molecule has 0 aliphatic carbocycles. The third-order valence-electron chi connectivity index (χ3n) is 5.00. The molecule has 3 aromatic heterocycles. The normalized spacial score (nSPS) is 13.1. The second kappa shape index (κ2) is 6.79. The Morgan fingerprint density at radius 2 is 2.11 bits per heavy atom. The van der Waals surface area contributed by atoms with Gasteiger partial charge in [0.25, 0.3) is 0 Å². The van der Waals surface area contributed by atoms with Gasteiger partial charge < -0.3 is 9.55 Å². The Morgan fingerprint density at radius 1 is 1.26 bits per heavy atom. The number of aromatic nitrogens is 6. The van der Waals surface area contributed by atoms with Crippen LogP contribution in [0.5, 0.6) is 0 Å². The zero-order valence-corrected chi connectivity index (χ0v) is 17.8. The first-order valence-electron chi connectivity index (χ1n) is 8.53. The number of aromatic amines is 1. The Morgan fingerprint density at radius 3 is 2.89 bits per heavy atom. The second-order valence-corrected chi connectivity index (χ2v) is 7.85. The molecule has 27 heavy (non-hydrogen) atoms. The smallest absolute Gasteiger partial charge is 0.160 e. The molecule has 1 N–H and O–H groups in total. The average Bonchev–Trinajstić information content (AvgIpc) is 3.35. The van der Waals surface area contributed by atoms with Crippen molar-refractivity contribution in [1.29, 1.82) is 0 Å². The molecule has 5 rings (SSSR count). The fraction of sp³-hybridized carbons (Fsp3) is 0.211. The molecule has 1 aliphatic heterocycles. The van der Waals surface area contributed by atoms with Crippen LogP contribution in [-0.4, -0.2) is 29.3 Å². The average molecular weight is 493 g/mol. The van der Waals surface area contributed by atoms with Crippen LogP contribution in [0.1, 0.15) is 35.7 Å². The van der Waals surface area contributed by atoms with Crippen molar-refractivity contribution in [1.82, 2.24) is 29.3 Å². The van der Waals surface area contributed by atoms with Gasteiger partial charge in [0.05, 0.1) is 35.9 Å². The van der Waals surface area contributed by atoms with Crippen molar-refractivity contribution in [3.8, 4) is 17.1 Å². The quantitative estimate of drug-likeness (QED) is 0.374. The molecule has 0 saturated carbocycles. The van der Waals surface area contributed by atoms with Gasteiger partial charge in [-0.2, -0.15) is 5.10 Å². The Balaban J connectivity index is 0.00000180. The molecular weight excluding hydrogens is 475 g/mol. The Hall–Kier alpha value is -2.13. The Labute approximate surface area is 176 Å². The molecule has 4 aromatic rings. The van der Waals surface area contributed by atoms with Gasteiger partial charge in [-0.05, 0) is 66.8 Å². The highest BCUT2D eigenvalue weighted by molar-refractivity contribution is 14.1. The lowest BCUT2D eigenvalue weighted by atomic mass is 10.1. The Bertz CT molecular complexity index is 1110. The van der Waals surface area contributed by atoms with Crippen molar-refractivity contribution >= 4 is 35.0 Å². The van der Waals surface area contributed by atoms with Crippen LogP contribution in [0.15, 0.2) is 42.9 Å². The highest BCUT2D eigenvalue weighted by Crippen LogP contribution is 2.34. The van der Waals surface area contributed by atoms with E-state index in [-0.39, 0.29) is 18.3 Å². The summed E-state index contributed by atoms with van der Waals surface area (Å²) < 4.78 is 5.35. The van der Waals surface area contributed by atoms with Crippen molar-refractivity contribution in [3.05, 3.63) is 69.3 Å². The number of benzene rings is 1. The fourth-order valence-electron chi connectivity index (χ4n) is 3.51. The first-order chi connectivity index (χ1) is 12.6. The van der Waals surface area contributed by atoms with Gasteiger partial charge in [0.2, 0.25) is 0 Å². The van der Waals surface area contributed by atoms with E-state index in [2.05, 4.69) is 68.3 Å². The van der Waals surface area contributed by atoms with Crippen molar-refractivity contribution in [2.24, 2.45) is 0 Å². The van der Waals surface area contributed by atoms with Crippen molar-refractivity contribution in [2.45, 2.75) is 26.3 Å². The lowest BCUT2D eigenvalue weighted by Crippen LogP contribution is -2.07. The summed E-state index contributed by atoms with van der Waals surface area (Å²) in [6.45, 7) is 4.84. The summed E-state index contributed by atoms with van der Waals surface area (Å²) in [5.74, 6) is 1.86. The summed E-state index contributed by atoms with van der Waals surface area (Å²) in [6, 6.07) is 10.5. The summed E-state index contributed by atoms with van der Waals surface area (Å²) >= 11 is 2.34. The van der Waals surface area contributed by atoms with E-state index in [0.29, 0.717) is 6.54 Å². The van der Waals surface area contributed by atoms with Gasteiger partial charge in [0.1, 0.15) is 0 Å². The third-order valence-corrected chi connectivity index (χ3v) is 5.67. The minimum Gasteiger partial charge on any atom is -0.364 e. The molecule has 0 spiro atoms. The van der Waals surface area contributed by atoms with Crippen LogP contribution in [0.4, 0.5) is 0 Å². The molecular formula is C19H18ClIN6. The lowest BCUT2D eigenvalue weighted by molar-refractivity contribution is 0.651. The maximum absolute atomic E-state index is 4.94. The van der Waals surface area contributed by atoms with Crippen LogP contribution >= 0.6 is 35.0 Å². The molecule has 1 aliphatic rings. The number of imidazole rings is 1.